The number of pyridine rings is 1. The molecule has 0 bridgehead atoms. The quantitative estimate of drug-likeness (QED) is 0.936. The first-order chi connectivity index (χ1) is 10.6. The summed E-state index contributed by atoms with van der Waals surface area (Å²) in [5.41, 5.74) is 3.42. The smallest absolute Gasteiger partial charge is 0.270 e. The number of imidazole rings is 1. The first-order valence-corrected chi connectivity index (χ1v) is 8.38. The Morgan fingerprint density at radius 3 is 2.82 bits per heavy atom. The summed E-state index contributed by atoms with van der Waals surface area (Å²) < 4.78 is 1.90. The summed E-state index contributed by atoms with van der Waals surface area (Å²) in [5.74, 6) is 0.783. The molecule has 0 atom stereocenters. The Balaban J connectivity index is 1.66. The van der Waals surface area contributed by atoms with E-state index in [4.69, 9.17) is 0 Å². The predicted octanol–water partition coefficient (Wildman–Crippen LogP) is 3.65. The van der Waals surface area contributed by atoms with Crippen LogP contribution in [0, 0.1) is 19.8 Å². The van der Waals surface area contributed by atoms with Crippen LogP contribution < -0.4 is 5.32 Å². The second kappa shape index (κ2) is 6.51. The molecule has 2 aromatic heterocycles. The maximum Gasteiger partial charge on any atom is 0.270 e. The number of aromatic nitrogens is 2. The van der Waals surface area contributed by atoms with Gasteiger partial charge >= 0.3 is 0 Å². The number of nitrogens with zero attached hydrogens (tertiary/aromatic N) is 2. The average molecular weight is 299 g/mol. The van der Waals surface area contributed by atoms with Gasteiger partial charge in [-0.1, -0.05) is 38.2 Å². The second-order valence-electron chi connectivity index (χ2n) is 6.53. The number of hydrogen-bond acceptors (Lipinski definition) is 2. The van der Waals surface area contributed by atoms with E-state index in [0.29, 0.717) is 5.69 Å². The van der Waals surface area contributed by atoms with Crippen LogP contribution in [0.15, 0.2) is 18.3 Å². The van der Waals surface area contributed by atoms with Crippen LogP contribution in [0.2, 0.25) is 0 Å². The molecule has 1 saturated carbocycles. The molecule has 4 nitrogen and oxygen atoms in total. The standard InChI is InChI=1S/C18H25N3O/c1-13-8-9-16-20-14(2)17(21(16)12-13)18(22)19-11-10-15-6-4-3-5-7-15/h8-9,12,15H,3-7,10-11H2,1-2H3,(H,19,22). The van der Waals surface area contributed by atoms with Crippen molar-refractivity contribution in [2.24, 2.45) is 5.92 Å². The minimum absolute atomic E-state index is 0.00795. The van der Waals surface area contributed by atoms with Gasteiger partial charge in [0, 0.05) is 12.7 Å². The van der Waals surface area contributed by atoms with Gasteiger partial charge in [0.25, 0.3) is 5.91 Å². The highest BCUT2D eigenvalue weighted by Crippen LogP contribution is 2.25. The molecule has 1 fully saturated rings. The Morgan fingerprint density at radius 2 is 2.05 bits per heavy atom. The molecular weight excluding hydrogens is 274 g/mol. The lowest BCUT2D eigenvalue weighted by molar-refractivity contribution is 0.0944. The highest BCUT2D eigenvalue weighted by molar-refractivity contribution is 5.94. The van der Waals surface area contributed by atoms with Crippen LogP contribution >= 0.6 is 0 Å². The largest absolute Gasteiger partial charge is 0.351 e. The summed E-state index contributed by atoms with van der Waals surface area (Å²) in [4.78, 5) is 17.0. The maximum atomic E-state index is 12.5. The topological polar surface area (TPSA) is 46.4 Å². The Hall–Kier alpha value is -1.84. The van der Waals surface area contributed by atoms with Crippen molar-refractivity contribution in [1.29, 1.82) is 0 Å². The first kappa shape index (κ1) is 15.1. The van der Waals surface area contributed by atoms with Gasteiger partial charge in [0.1, 0.15) is 11.3 Å². The van der Waals surface area contributed by atoms with E-state index in [1.165, 1.54) is 32.1 Å². The third-order valence-corrected chi connectivity index (χ3v) is 4.72. The van der Waals surface area contributed by atoms with Crippen LogP contribution in [0.4, 0.5) is 0 Å². The fraction of sp³-hybridized carbons (Fsp3) is 0.556. The molecule has 22 heavy (non-hydrogen) atoms. The Kier molecular flexibility index (Phi) is 4.46. The highest BCUT2D eigenvalue weighted by atomic mass is 16.1. The summed E-state index contributed by atoms with van der Waals surface area (Å²) in [6.07, 6.45) is 9.80. The van der Waals surface area contributed by atoms with Crippen LogP contribution in [0.25, 0.3) is 5.65 Å². The molecule has 2 heterocycles. The number of hydrogen-bond donors (Lipinski definition) is 1. The van der Waals surface area contributed by atoms with Gasteiger partial charge in [-0.2, -0.15) is 0 Å². The molecule has 0 aromatic carbocycles. The van der Waals surface area contributed by atoms with Gasteiger partial charge in [-0.05, 0) is 37.8 Å². The van der Waals surface area contributed by atoms with Gasteiger partial charge in [-0.15, -0.1) is 0 Å². The molecule has 1 N–H and O–H groups in total. The lowest BCUT2D eigenvalue weighted by Gasteiger charge is -2.21. The van der Waals surface area contributed by atoms with Crippen LogP contribution in [0.3, 0.4) is 0 Å². The molecular formula is C18H25N3O. The maximum absolute atomic E-state index is 12.5. The number of aryl methyl sites for hydroxylation is 2. The van der Waals surface area contributed by atoms with E-state index in [-0.39, 0.29) is 5.91 Å². The highest BCUT2D eigenvalue weighted by Gasteiger charge is 2.17. The molecule has 0 radical (unpaired) electrons. The molecule has 0 saturated heterocycles. The summed E-state index contributed by atoms with van der Waals surface area (Å²) in [5, 5.41) is 3.09. The molecule has 1 amide bonds. The van der Waals surface area contributed by atoms with Crippen molar-refractivity contribution in [3.63, 3.8) is 0 Å². The molecule has 4 heteroatoms. The first-order valence-electron chi connectivity index (χ1n) is 8.38. The van der Waals surface area contributed by atoms with Crippen molar-refractivity contribution in [2.45, 2.75) is 52.4 Å². The van der Waals surface area contributed by atoms with E-state index in [9.17, 15) is 4.79 Å². The number of carbonyl (C=O) groups is 1. The zero-order chi connectivity index (χ0) is 15.5. The Morgan fingerprint density at radius 1 is 1.27 bits per heavy atom. The Labute approximate surface area is 131 Å². The number of amides is 1. The van der Waals surface area contributed by atoms with Crippen molar-refractivity contribution in [1.82, 2.24) is 14.7 Å². The van der Waals surface area contributed by atoms with Crippen molar-refractivity contribution in [3.8, 4) is 0 Å². The van der Waals surface area contributed by atoms with Gasteiger partial charge in [-0.3, -0.25) is 9.20 Å². The number of fused-ring (bicyclic) bond motifs is 1. The zero-order valence-corrected chi connectivity index (χ0v) is 13.6. The van der Waals surface area contributed by atoms with E-state index in [1.807, 2.05) is 36.6 Å². The summed E-state index contributed by atoms with van der Waals surface area (Å²) in [7, 11) is 0. The van der Waals surface area contributed by atoms with Crippen molar-refractivity contribution in [2.75, 3.05) is 6.54 Å². The number of rotatable bonds is 4. The third kappa shape index (κ3) is 3.16. The van der Waals surface area contributed by atoms with Gasteiger partial charge in [0.15, 0.2) is 0 Å². The van der Waals surface area contributed by atoms with Crippen molar-refractivity contribution >= 4 is 11.6 Å². The van der Waals surface area contributed by atoms with Crippen LogP contribution in [0.5, 0.6) is 0 Å². The fourth-order valence-corrected chi connectivity index (χ4v) is 3.49. The SMILES string of the molecule is Cc1ccc2nc(C)c(C(=O)NCCC3CCCCC3)n2c1. The lowest BCUT2D eigenvalue weighted by Crippen LogP contribution is -2.28. The lowest BCUT2D eigenvalue weighted by atomic mass is 9.87. The molecule has 0 unspecified atom stereocenters. The van der Waals surface area contributed by atoms with E-state index in [2.05, 4.69) is 10.3 Å². The fourth-order valence-electron chi connectivity index (χ4n) is 3.49. The van der Waals surface area contributed by atoms with E-state index in [0.717, 1.165) is 35.8 Å². The monoisotopic (exact) mass is 299 g/mol. The molecule has 3 rings (SSSR count). The van der Waals surface area contributed by atoms with Crippen molar-refractivity contribution < 1.29 is 4.79 Å². The van der Waals surface area contributed by atoms with Gasteiger partial charge < -0.3 is 5.32 Å². The number of nitrogens with one attached hydrogen (secondary N) is 1. The summed E-state index contributed by atoms with van der Waals surface area (Å²) in [6.45, 7) is 4.69. The summed E-state index contributed by atoms with van der Waals surface area (Å²) >= 11 is 0. The van der Waals surface area contributed by atoms with E-state index >= 15 is 0 Å². The van der Waals surface area contributed by atoms with Crippen LogP contribution in [-0.4, -0.2) is 21.8 Å². The molecule has 1 aliphatic rings. The minimum atomic E-state index is -0.00795. The average Bonchev–Trinajstić information content (AvgIpc) is 2.83. The third-order valence-electron chi connectivity index (χ3n) is 4.72. The molecule has 2 aromatic rings. The number of carbonyl (C=O) groups excluding carboxylic acids is 1. The Bertz CT molecular complexity index is 668. The van der Waals surface area contributed by atoms with Crippen molar-refractivity contribution in [3.05, 3.63) is 35.3 Å². The molecule has 0 aliphatic heterocycles. The molecule has 118 valence electrons. The van der Waals surface area contributed by atoms with Crippen LogP contribution in [-0.2, 0) is 0 Å². The minimum Gasteiger partial charge on any atom is -0.351 e. The predicted molar refractivity (Wildman–Crippen MR) is 88.2 cm³/mol. The van der Waals surface area contributed by atoms with E-state index in [1.54, 1.807) is 0 Å². The zero-order valence-electron chi connectivity index (χ0n) is 13.6. The van der Waals surface area contributed by atoms with Gasteiger partial charge in [-0.25, -0.2) is 4.98 Å². The van der Waals surface area contributed by atoms with E-state index < -0.39 is 0 Å². The second-order valence-corrected chi connectivity index (χ2v) is 6.53. The molecule has 1 aliphatic carbocycles. The van der Waals surface area contributed by atoms with Gasteiger partial charge in [0.05, 0.1) is 5.69 Å². The normalized spacial score (nSPS) is 16.1. The van der Waals surface area contributed by atoms with Crippen LogP contribution in [0.1, 0.15) is 60.3 Å². The summed E-state index contributed by atoms with van der Waals surface area (Å²) in [6, 6.07) is 3.98. The van der Waals surface area contributed by atoms with Gasteiger partial charge in [0.2, 0.25) is 0 Å². The molecule has 0 spiro atoms.